The lowest BCUT2D eigenvalue weighted by molar-refractivity contribution is -0.123. The van der Waals surface area contributed by atoms with Crippen LogP contribution in [0, 0.1) is 13.8 Å². The number of hydrogen-bond acceptors (Lipinski definition) is 13. The molecular weight excluding hydrogens is 1020 g/mol. The SMILES string of the molecule is CC/N=c1\cc2oc3cc(NCC)c(C)cc3c(-c3ccccc3C(=O)N3CCN(C(=O)c4ccccc4C4=C5C=CC(O)C=C5Oc5cc(OCC(=O)NCCOCCOCCNC(=O)OC(C)(C)C)ccc54)CC3)c-2cc1C. The van der Waals surface area contributed by atoms with E-state index in [9.17, 15) is 24.3 Å². The van der Waals surface area contributed by atoms with E-state index in [1.54, 1.807) is 56.0 Å². The van der Waals surface area contributed by atoms with Crippen molar-refractivity contribution in [2.45, 2.75) is 60.2 Å². The van der Waals surface area contributed by atoms with Crippen LogP contribution in [0.1, 0.15) is 77.6 Å². The molecule has 4 aromatic rings. The summed E-state index contributed by atoms with van der Waals surface area (Å²) in [5.41, 5.74) is 9.57. The fourth-order valence-corrected chi connectivity index (χ4v) is 10.1. The average molecular weight is 1090 g/mol. The first-order valence-corrected chi connectivity index (χ1v) is 27.3. The molecule has 4 aromatic carbocycles. The summed E-state index contributed by atoms with van der Waals surface area (Å²) in [6.45, 7) is 17.7. The first-order valence-electron chi connectivity index (χ1n) is 27.3. The molecule has 0 spiro atoms. The molecule has 1 fully saturated rings. The summed E-state index contributed by atoms with van der Waals surface area (Å²) in [6, 6.07) is 28.7. The number of nitrogens with one attached hydrogen (secondary N) is 3. The lowest BCUT2D eigenvalue weighted by Gasteiger charge is -2.36. The Balaban J connectivity index is 0.865. The molecule has 0 aromatic heterocycles. The topological polar surface area (TPSA) is 203 Å². The third kappa shape index (κ3) is 13.1. The molecule has 1 unspecified atom stereocenters. The predicted molar refractivity (Wildman–Crippen MR) is 307 cm³/mol. The molecule has 80 heavy (non-hydrogen) atoms. The van der Waals surface area contributed by atoms with Gasteiger partial charge in [-0.2, -0.15) is 0 Å². The molecule has 4 N–H and O–H groups in total. The van der Waals surface area contributed by atoms with E-state index in [-0.39, 0.29) is 37.5 Å². The molecule has 5 aliphatic rings. The second-order valence-electron chi connectivity index (χ2n) is 20.7. The van der Waals surface area contributed by atoms with Gasteiger partial charge >= 0.3 is 6.09 Å². The standard InChI is InChI=1S/C63H70N6O11/c1-8-64-51-36-55-49(32-39(51)3)59(50-33-40(4)52(65-9-2)37-56(50)79-55)44-15-11-13-17-46(44)61(73)69-26-24-68(25-27-69)60(72)45-16-12-10-14-43(45)58-47-20-18-41(70)34-53(47)78-54-35-42(19-21-48(54)58)77-38-57(71)66-22-28-75-30-31-76-29-23-67-62(74)80-63(5,6)7/h10-21,32-37,41,64,70H,8-9,22-31,38H2,1-7H3,(H,66,71)(H,67,74)/b65-52+. The molecule has 1 atom stereocenters. The smallest absolute Gasteiger partial charge is 0.407 e. The lowest BCUT2D eigenvalue weighted by Crippen LogP contribution is -2.50. The van der Waals surface area contributed by atoms with Crippen LogP contribution in [-0.4, -0.2) is 136 Å². The first kappa shape index (κ1) is 56.5. The van der Waals surface area contributed by atoms with E-state index in [4.69, 9.17) is 33.1 Å². The highest BCUT2D eigenvalue weighted by Gasteiger charge is 2.33. The summed E-state index contributed by atoms with van der Waals surface area (Å²) in [4.78, 5) is 62.6. The number of hydrogen-bond donors (Lipinski definition) is 4. The van der Waals surface area contributed by atoms with Crippen LogP contribution in [0.25, 0.3) is 39.0 Å². The van der Waals surface area contributed by atoms with Crippen molar-refractivity contribution in [3.05, 3.63) is 159 Å². The zero-order valence-electron chi connectivity index (χ0n) is 46.5. The van der Waals surface area contributed by atoms with E-state index >= 15 is 0 Å². The number of benzene rings is 5. The van der Waals surface area contributed by atoms with Gasteiger partial charge in [-0.05, 0) is 113 Å². The minimum atomic E-state index is -0.895. The monoisotopic (exact) mass is 1090 g/mol. The summed E-state index contributed by atoms with van der Waals surface area (Å²) in [6.07, 6.45) is 3.68. The van der Waals surface area contributed by atoms with Gasteiger partial charge in [0.25, 0.3) is 17.7 Å². The predicted octanol–water partition coefficient (Wildman–Crippen LogP) is 8.83. The summed E-state index contributed by atoms with van der Waals surface area (Å²) < 4.78 is 35.2. The molecule has 3 heterocycles. The van der Waals surface area contributed by atoms with Crippen LogP contribution in [0.15, 0.2) is 130 Å². The number of aliphatic hydroxyl groups is 1. The van der Waals surface area contributed by atoms with E-state index in [0.29, 0.717) is 116 Å². The Bertz CT molecular complexity index is 3440. The molecule has 17 nitrogen and oxygen atoms in total. The lowest BCUT2D eigenvalue weighted by atomic mass is 9.85. The van der Waals surface area contributed by atoms with Crippen LogP contribution in [-0.2, 0) is 19.0 Å². The largest absolute Gasteiger partial charge is 0.484 e. The highest BCUT2D eigenvalue weighted by atomic mass is 16.6. The first-order chi connectivity index (χ1) is 38.6. The number of carbonyl (C=O) groups excluding carboxylic acids is 4. The van der Waals surface area contributed by atoms with Crippen molar-refractivity contribution in [1.29, 1.82) is 0 Å². The Morgan fingerprint density at radius 3 is 2.09 bits per heavy atom. The molecule has 3 aliphatic heterocycles. The number of nitrogens with zero attached hydrogens (tertiary/aromatic N) is 3. The second kappa shape index (κ2) is 25.3. The Hall–Kier alpha value is -8.25. The number of rotatable bonds is 19. The molecule has 0 bridgehead atoms. The van der Waals surface area contributed by atoms with Crippen LogP contribution in [0.5, 0.6) is 11.5 Å². The van der Waals surface area contributed by atoms with Crippen LogP contribution >= 0.6 is 0 Å². The van der Waals surface area contributed by atoms with E-state index in [2.05, 4.69) is 41.9 Å². The number of aryl methyl sites for hydroxylation is 2. The zero-order valence-corrected chi connectivity index (χ0v) is 46.5. The van der Waals surface area contributed by atoms with Crippen molar-refractivity contribution in [2.24, 2.45) is 4.99 Å². The summed E-state index contributed by atoms with van der Waals surface area (Å²) >= 11 is 0. The fourth-order valence-electron chi connectivity index (χ4n) is 10.1. The third-order valence-electron chi connectivity index (χ3n) is 13.8. The molecule has 418 valence electrons. The van der Waals surface area contributed by atoms with Gasteiger partial charge in [0.2, 0.25) is 0 Å². The third-order valence-corrected chi connectivity index (χ3v) is 13.8. The van der Waals surface area contributed by atoms with Crippen LogP contribution in [0.4, 0.5) is 10.5 Å². The molecule has 1 saturated heterocycles. The maximum Gasteiger partial charge on any atom is 0.407 e. The van der Waals surface area contributed by atoms with Gasteiger partial charge in [-0.15, -0.1) is 0 Å². The molecule has 4 amide bonds. The van der Waals surface area contributed by atoms with Crippen molar-refractivity contribution < 1.29 is 52.4 Å². The number of amides is 4. The fraction of sp³-hybridized carbons (Fsp3) is 0.349. The minimum absolute atomic E-state index is 0.126. The molecular formula is C63H70N6O11. The maximum atomic E-state index is 14.9. The Morgan fingerprint density at radius 2 is 1.41 bits per heavy atom. The maximum absolute atomic E-state index is 14.9. The molecule has 0 radical (unpaired) electrons. The van der Waals surface area contributed by atoms with Crippen LogP contribution < -0.4 is 30.8 Å². The van der Waals surface area contributed by atoms with Gasteiger partial charge in [-0.3, -0.25) is 19.4 Å². The van der Waals surface area contributed by atoms with Gasteiger partial charge in [0, 0.05) is 121 Å². The minimum Gasteiger partial charge on any atom is -0.484 e. The molecule has 0 saturated carbocycles. The second-order valence-corrected chi connectivity index (χ2v) is 20.7. The van der Waals surface area contributed by atoms with Gasteiger partial charge in [0.15, 0.2) is 6.61 Å². The summed E-state index contributed by atoms with van der Waals surface area (Å²) in [5, 5.41) is 21.3. The van der Waals surface area contributed by atoms with E-state index in [1.807, 2.05) is 85.5 Å². The van der Waals surface area contributed by atoms with E-state index in [1.165, 1.54) is 0 Å². The van der Waals surface area contributed by atoms with Gasteiger partial charge in [-0.25, -0.2) is 4.79 Å². The van der Waals surface area contributed by atoms with Gasteiger partial charge < -0.3 is 59.0 Å². The number of ether oxygens (including phenoxy) is 5. The van der Waals surface area contributed by atoms with Crippen LogP contribution in [0.3, 0.4) is 0 Å². The average Bonchev–Trinajstić information content (AvgIpc) is 3.64. The van der Waals surface area contributed by atoms with E-state index < -0.39 is 17.8 Å². The summed E-state index contributed by atoms with van der Waals surface area (Å²) in [5.74, 6) is 1.24. The van der Waals surface area contributed by atoms with Crippen molar-refractivity contribution in [1.82, 2.24) is 20.4 Å². The highest BCUT2D eigenvalue weighted by Crippen LogP contribution is 2.46. The number of aliphatic hydroxyl groups excluding tert-OH is 1. The Morgan fingerprint density at radius 1 is 0.750 bits per heavy atom. The van der Waals surface area contributed by atoms with Crippen LogP contribution in [0.2, 0.25) is 0 Å². The van der Waals surface area contributed by atoms with Gasteiger partial charge in [0.05, 0.1) is 37.9 Å². The van der Waals surface area contributed by atoms with Crippen molar-refractivity contribution in [2.75, 3.05) is 90.7 Å². The Kier molecular flexibility index (Phi) is 17.8. The number of fused-ring (bicyclic) bond motifs is 4. The van der Waals surface area contributed by atoms with Crippen molar-refractivity contribution in [3.8, 4) is 33.9 Å². The number of alkyl carbamates (subject to hydrolysis) is 1. The summed E-state index contributed by atoms with van der Waals surface area (Å²) in [7, 11) is 0. The highest BCUT2D eigenvalue weighted by molar-refractivity contribution is 6.10. The van der Waals surface area contributed by atoms with E-state index in [0.717, 1.165) is 56.4 Å². The normalized spacial score (nSPS) is 15.3. The molecule has 2 aliphatic carbocycles. The van der Waals surface area contributed by atoms with Gasteiger partial charge in [-0.1, -0.05) is 48.6 Å². The Labute approximate surface area is 466 Å². The number of piperazine rings is 1. The molecule has 9 rings (SSSR count). The van der Waals surface area contributed by atoms with Crippen molar-refractivity contribution in [3.63, 3.8) is 0 Å². The quantitative estimate of drug-likeness (QED) is 0.0444. The number of allylic oxidation sites excluding steroid dienone is 1. The molecule has 17 heteroatoms. The number of anilines is 1. The van der Waals surface area contributed by atoms with Crippen molar-refractivity contribution >= 4 is 46.0 Å². The number of carbonyl (C=O) groups is 4. The zero-order chi connectivity index (χ0) is 56.5. The van der Waals surface area contributed by atoms with Gasteiger partial charge in [0.1, 0.15) is 34.2 Å².